The molecule has 0 amide bonds. The Morgan fingerprint density at radius 1 is 1.27 bits per heavy atom. The van der Waals surface area contributed by atoms with Gasteiger partial charge in [-0.3, -0.25) is 4.98 Å². The van der Waals surface area contributed by atoms with Gasteiger partial charge in [-0.25, -0.2) is 18.9 Å². The van der Waals surface area contributed by atoms with E-state index in [9.17, 15) is 4.21 Å². The maximum atomic E-state index is 12.7. The first-order chi connectivity index (χ1) is 15.6. The minimum Gasteiger partial charge on any atom is -0.355 e. The Kier molecular flexibility index (Phi) is 7.95. The first-order valence-electron chi connectivity index (χ1n) is 11.3. The van der Waals surface area contributed by atoms with E-state index in [4.69, 9.17) is 21.6 Å². The van der Waals surface area contributed by atoms with Crippen LogP contribution in [0.15, 0.2) is 28.4 Å². The smallest absolute Gasteiger partial charge is 0.148 e. The highest BCUT2D eigenvalue weighted by atomic mass is 127. The van der Waals surface area contributed by atoms with Gasteiger partial charge in [-0.15, -0.1) is 0 Å². The lowest BCUT2D eigenvalue weighted by atomic mass is 9.74. The third-order valence-electron chi connectivity index (χ3n) is 6.72. The number of aryl methyl sites for hydroxylation is 1. The summed E-state index contributed by atoms with van der Waals surface area (Å²) in [6.45, 7) is 9.91. The molecular formula is C23H31ClIN5OS2. The number of hydrogen-bond acceptors (Lipinski definition) is 6. The molecular weight excluding hydrogens is 589 g/mol. The van der Waals surface area contributed by atoms with Crippen molar-refractivity contribution in [3.05, 3.63) is 32.9 Å². The summed E-state index contributed by atoms with van der Waals surface area (Å²) in [7, 11) is -1.03. The average Bonchev–Trinajstić information content (AvgIpc) is 3.14. The molecule has 0 aromatic carbocycles. The monoisotopic (exact) mass is 619 g/mol. The van der Waals surface area contributed by atoms with Gasteiger partial charge in [0.25, 0.3) is 0 Å². The van der Waals surface area contributed by atoms with Crippen molar-refractivity contribution in [2.24, 2.45) is 5.41 Å². The second-order valence-electron chi connectivity index (χ2n) is 9.93. The Morgan fingerprint density at radius 2 is 2.00 bits per heavy atom. The van der Waals surface area contributed by atoms with Gasteiger partial charge in [0.05, 0.1) is 32.6 Å². The van der Waals surface area contributed by atoms with Crippen molar-refractivity contribution >= 4 is 62.8 Å². The van der Waals surface area contributed by atoms with E-state index in [2.05, 4.69) is 37.2 Å². The molecule has 10 heteroatoms. The summed E-state index contributed by atoms with van der Waals surface area (Å²) in [4.78, 5) is 17.1. The number of nitrogens with zero attached hydrogens (tertiary/aromatic N) is 4. The Balaban J connectivity index is 1.42. The Hall–Kier alpha value is -0.490. The number of halogens is 2. The van der Waals surface area contributed by atoms with Crippen LogP contribution >= 0.6 is 46.0 Å². The van der Waals surface area contributed by atoms with Crippen LogP contribution < -0.4 is 9.62 Å². The number of piperidine rings is 1. The molecule has 1 aliphatic carbocycles. The Morgan fingerprint density at radius 3 is 2.67 bits per heavy atom. The molecule has 6 nitrogen and oxygen atoms in total. The zero-order valence-electron chi connectivity index (χ0n) is 19.5. The van der Waals surface area contributed by atoms with E-state index in [0.29, 0.717) is 11.1 Å². The van der Waals surface area contributed by atoms with Crippen LogP contribution in [0.1, 0.15) is 58.6 Å². The van der Waals surface area contributed by atoms with Crippen LogP contribution in [0.4, 0.5) is 5.82 Å². The summed E-state index contributed by atoms with van der Waals surface area (Å²) in [5.41, 5.74) is 1.05. The third-order valence-corrected chi connectivity index (χ3v) is 11.1. The van der Waals surface area contributed by atoms with E-state index < -0.39 is 11.0 Å². The number of rotatable bonds is 5. The van der Waals surface area contributed by atoms with E-state index in [1.165, 1.54) is 24.6 Å². The van der Waals surface area contributed by atoms with Gasteiger partial charge in [-0.05, 0) is 87.5 Å². The van der Waals surface area contributed by atoms with Gasteiger partial charge in [0.1, 0.15) is 14.5 Å². The molecule has 2 aromatic rings. The molecule has 1 saturated heterocycles. The molecule has 2 aromatic heterocycles. The fraction of sp³-hybridized carbons (Fsp3) is 0.609. The summed E-state index contributed by atoms with van der Waals surface area (Å²) < 4.78 is 16.9. The van der Waals surface area contributed by atoms with Gasteiger partial charge in [0, 0.05) is 30.2 Å². The van der Waals surface area contributed by atoms with Crippen LogP contribution in [-0.2, 0) is 11.0 Å². The molecule has 2 atom stereocenters. The quantitative estimate of drug-likeness (QED) is 0.428. The first-order valence-corrected chi connectivity index (χ1v) is 14.8. The molecule has 3 heterocycles. The lowest BCUT2D eigenvalue weighted by Crippen LogP contribution is -2.51. The lowest BCUT2D eigenvalue weighted by molar-refractivity contribution is 0.188. The largest absolute Gasteiger partial charge is 0.355 e. The van der Waals surface area contributed by atoms with Crippen LogP contribution in [0.3, 0.4) is 0 Å². The van der Waals surface area contributed by atoms with Crippen LogP contribution in [0.25, 0.3) is 0 Å². The lowest BCUT2D eigenvalue weighted by Gasteiger charge is -2.44. The van der Waals surface area contributed by atoms with Crippen LogP contribution in [0.2, 0.25) is 5.02 Å². The van der Waals surface area contributed by atoms with Gasteiger partial charge in [-0.1, -0.05) is 29.8 Å². The fourth-order valence-electron chi connectivity index (χ4n) is 4.68. The van der Waals surface area contributed by atoms with Gasteiger partial charge < -0.3 is 4.90 Å². The zero-order valence-corrected chi connectivity index (χ0v) is 24.1. The van der Waals surface area contributed by atoms with E-state index in [1.54, 1.807) is 6.20 Å². The van der Waals surface area contributed by atoms with Crippen molar-refractivity contribution in [1.82, 2.24) is 19.7 Å². The topological polar surface area (TPSA) is 71.0 Å². The van der Waals surface area contributed by atoms with Crippen molar-refractivity contribution in [3.63, 3.8) is 0 Å². The maximum absolute atomic E-state index is 12.7. The second kappa shape index (κ2) is 10.2. The molecule has 1 N–H and O–H groups in total. The number of nitrogens with one attached hydrogen (secondary N) is 1. The van der Waals surface area contributed by atoms with Gasteiger partial charge >= 0.3 is 0 Å². The van der Waals surface area contributed by atoms with Gasteiger partial charge in [-0.2, -0.15) is 0 Å². The molecule has 180 valence electrons. The number of aromatic nitrogens is 3. The molecule has 2 aliphatic rings. The summed E-state index contributed by atoms with van der Waals surface area (Å²) in [6.07, 6.45) is 9.36. The Bertz CT molecular complexity index is 1040. The highest BCUT2D eigenvalue weighted by Gasteiger charge is 2.46. The Labute approximate surface area is 222 Å². The van der Waals surface area contributed by atoms with Crippen molar-refractivity contribution in [2.45, 2.75) is 80.5 Å². The van der Waals surface area contributed by atoms with Gasteiger partial charge in [0.2, 0.25) is 0 Å². The maximum Gasteiger partial charge on any atom is 0.148 e. The molecule has 0 unspecified atom stereocenters. The van der Waals surface area contributed by atoms with Crippen LogP contribution in [-0.4, -0.2) is 43.0 Å². The second-order valence-corrected chi connectivity index (χ2v) is 14.4. The van der Waals surface area contributed by atoms with Crippen molar-refractivity contribution in [2.75, 3.05) is 18.0 Å². The number of pyridine rings is 1. The normalized spacial score (nSPS) is 21.5. The summed E-state index contributed by atoms with van der Waals surface area (Å²) in [5, 5.41) is 1.52. The minimum atomic E-state index is -1.03. The van der Waals surface area contributed by atoms with E-state index >= 15 is 0 Å². The average molecular weight is 620 g/mol. The SMILES string of the molecule is Cc1nccc(Sc2ncc(N3CCC4(CCC[C@H]4N[S@](=O)C(C)(C)C)CC3)nc2I)c1Cl. The van der Waals surface area contributed by atoms with Crippen molar-refractivity contribution < 1.29 is 4.21 Å². The van der Waals surface area contributed by atoms with Crippen molar-refractivity contribution in [1.29, 1.82) is 0 Å². The number of hydrogen-bond donors (Lipinski definition) is 1. The highest BCUT2D eigenvalue weighted by Crippen LogP contribution is 2.47. The molecule has 0 radical (unpaired) electrons. The summed E-state index contributed by atoms with van der Waals surface area (Å²) in [5.74, 6) is 0.927. The predicted molar refractivity (Wildman–Crippen MR) is 145 cm³/mol. The van der Waals surface area contributed by atoms with E-state index in [0.717, 1.165) is 57.5 Å². The minimum absolute atomic E-state index is 0.240. The molecule has 4 rings (SSSR count). The molecule has 1 spiro atoms. The van der Waals surface area contributed by atoms with E-state index in [-0.39, 0.29) is 10.2 Å². The highest BCUT2D eigenvalue weighted by molar-refractivity contribution is 14.1. The fourth-order valence-corrected chi connectivity index (χ4v) is 7.42. The summed E-state index contributed by atoms with van der Waals surface area (Å²) >= 11 is 10.2. The molecule has 0 bridgehead atoms. The number of anilines is 1. The summed E-state index contributed by atoms with van der Waals surface area (Å²) in [6, 6.07) is 2.24. The predicted octanol–water partition coefficient (Wildman–Crippen LogP) is 5.78. The van der Waals surface area contributed by atoms with Crippen LogP contribution in [0, 0.1) is 16.0 Å². The van der Waals surface area contributed by atoms with Crippen molar-refractivity contribution in [3.8, 4) is 0 Å². The molecule has 1 saturated carbocycles. The molecule has 1 aliphatic heterocycles. The zero-order chi connectivity index (χ0) is 23.8. The molecule has 2 fully saturated rings. The van der Waals surface area contributed by atoms with E-state index in [1.807, 2.05) is 40.0 Å². The van der Waals surface area contributed by atoms with Crippen LogP contribution in [0.5, 0.6) is 0 Å². The van der Waals surface area contributed by atoms with Gasteiger partial charge in [0.15, 0.2) is 0 Å². The third kappa shape index (κ3) is 5.68. The first kappa shape index (κ1) is 25.6. The molecule has 33 heavy (non-hydrogen) atoms. The standard InChI is InChI=1S/C23H31ClIN5OS2/c1-15-19(24)16(7-11-26-15)32-21-20(25)28-18(14-27-21)30-12-9-23(10-13-30)8-5-6-17(23)29-33(31)22(2,3)4/h7,11,14,17,29H,5-6,8-10,12-13H2,1-4H3/t17-,33-/m1/s1.